The first-order chi connectivity index (χ1) is 9.72. The molecular weight excluding hydrogens is 252 g/mol. The van der Waals surface area contributed by atoms with Gasteiger partial charge in [-0.15, -0.1) is 0 Å². The zero-order valence-corrected chi connectivity index (χ0v) is 11.1. The molecule has 0 spiro atoms. The van der Waals surface area contributed by atoms with Crippen LogP contribution in [0, 0.1) is 0 Å². The van der Waals surface area contributed by atoms with E-state index in [9.17, 15) is 4.79 Å². The van der Waals surface area contributed by atoms with Crippen LogP contribution in [0.5, 0.6) is 5.75 Å². The third kappa shape index (κ3) is 2.67. The summed E-state index contributed by atoms with van der Waals surface area (Å²) >= 11 is 0. The second-order valence-corrected chi connectivity index (χ2v) is 5.07. The average molecular weight is 268 g/mol. The summed E-state index contributed by atoms with van der Waals surface area (Å²) in [5.74, 6) is 0.00391. The van der Waals surface area contributed by atoms with Gasteiger partial charge in [0.05, 0.1) is 6.42 Å². The first kappa shape index (κ1) is 12.7. The quantitative estimate of drug-likeness (QED) is 0.928. The number of hydrogen-bond acceptors (Lipinski definition) is 2. The van der Waals surface area contributed by atoms with Crippen molar-refractivity contribution in [2.24, 2.45) is 0 Å². The van der Waals surface area contributed by atoms with Crippen LogP contribution in [0.2, 0.25) is 0 Å². The normalized spacial score (nSPS) is 17.1. The predicted octanol–water partition coefficient (Wildman–Crippen LogP) is 3.38. The van der Waals surface area contributed by atoms with Gasteiger partial charge in [-0.1, -0.05) is 42.5 Å². The highest BCUT2D eigenvalue weighted by Gasteiger charge is 2.21. The monoisotopic (exact) mass is 268 g/mol. The van der Waals surface area contributed by atoms with Crippen LogP contribution in [-0.4, -0.2) is 11.1 Å². The highest BCUT2D eigenvalue weighted by Crippen LogP contribution is 2.35. The Balaban J connectivity index is 1.84. The second kappa shape index (κ2) is 5.37. The van der Waals surface area contributed by atoms with Crippen LogP contribution >= 0.6 is 0 Å². The van der Waals surface area contributed by atoms with Crippen LogP contribution in [0.25, 0.3) is 0 Å². The fraction of sp³-hybridized carbons (Fsp3) is 0.235. The van der Waals surface area contributed by atoms with Crippen molar-refractivity contribution in [2.75, 3.05) is 0 Å². The van der Waals surface area contributed by atoms with E-state index in [4.69, 9.17) is 9.84 Å². The molecule has 1 aliphatic heterocycles. The van der Waals surface area contributed by atoms with Crippen LogP contribution in [0.4, 0.5) is 0 Å². The molecule has 0 saturated heterocycles. The largest absolute Gasteiger partial charge is 0.485 e. The summed E-state index contributed by atoms with van der Waals surface area (Å²) < 4.78 is 6.05. The molecule has 0 amide bonds. The first-order valence-corrected chi connectivity index (χ1v) is 6.77. The maximum absolute atomic E-state index is 10.8. The SMILES string of the molecule is O=C(O)Cc1ccc2c(c1)OC(c1ccccc1)CC2. The van der Waals surface area contributed by atoms with Gasteiger partial charge in [-0.2, -0.15) is 0 Å². The van der Waals surface area contributed by atoms with Crippen molar-refractivity contribution >= 4 is 5.97 Å². The molecular formula is C17H16O3. The van der Waals surface area contributed by atoms with E-state index >= 15 is 0 Å². The molecule has 0 bridgehead atoms. The molecule has 0 saturated carbocycles. The van der Waals surface area contributed by atoms with Crippen molar-refractivity contribution in [1.29, 1.82) is 0 Å². The van der Waals surface area contributed by atoms with Crippen molar-refractivity contribution in [2.45, 2.75) is 25.4 Å². The molecule has 0 radical (unpaired) electrons. The van der Waals surface area contributed by atoms with E-state index in [1.807, 2.05) is 36.4 Å². The van der Waals surface area contributed by atoms with Gasteiger partial charge in [0.1, 0.15) is 11.9 Å². The smallest absolute Gasteiger partial charge is 0.307 e. The predicted molar refractivity (Wildman–Crippen MR) is 75.9 cm³/mol. The number of rotatable bonds is 3. The fourth-order valence-corrected chi connectivity index (χ4v) is 2.60. The minimum atomic E-state index is -0.819. The number of hydrogen-bond donors (Lipinski definition) is 1. The maximum Gasteiger partial charge on any atom is 0.307 e. The molecule has 1 atom stereocenters. The van der Waals surface area contributed by atoms with Crippen molar-refractivity contribution in [3.63, 3.8) is 0 Å². The number of carboxylic acid groups (broad SMARTS) is 1. The molecule has 1 unspecified atom stereocenters. The van der Waals surface area contributed by atoms with Gasteiger partial charge in [-0.05, 0) is 35.6 Å². The van der Waals surface area contributed by atoms with Gasteiger partial charge in [0, 0.05) is 0 Å². The standard InChI is InChI=1S/C17H16O3/c18-17(19)11-12-6-7-14-8-9-15(20-16(14)10-12)13-4-2-1-3-5-13/h1-7,10,15H,8-9,11H2,(H,18,19). The van der Waals surface area contributed by atoms with E-state index in [-0.39, 0.29) is 12.5 Å². The molecule has 2 aromatic carbocycles. The van der Waals surface area contributed by atoms with Gasteiger partial charge in [-0.3, -0.25) is 4.79 Å². The van der Waals surface area contributed by atoms with Gasteiger partial charge in [0.15, 0.2) is 0 Å². The molecule has 0 fully saturated rings. The Hall–Kier alpha value is -2.29. The number of aliphatic carboxylic acids is 1. The Bertz CT molecular complexity index is 619. The lowest BCUT2D eigenvalue weighted by molar-refractivity contribution is -0.136. The van der Waals surface area contributed by atoms with Gasteiger partial charge in [-0.25, -0.2) is 0 Å². The summed E-state index contributed by atoms with van der Waals surface area (Å²) in [4.78, 5) is 10.8. The Kier molecular flexibility index (Phi) is 3.42. The van der Waals surface area contributed by atoms with E-state index in [1.165, 1.54) is 5.56 Å². The lowest BCUT2D eigenvalue weighted by atomic mass is 9.96. The molecule has 3 heteroatoms. The third-order valence-corrected chi connectivity index (χ3v) is 3.60. The molecule has 102 valence electrons. The Labute approximate surface area is 117 Å². The number of carboxylic acids is 1. The summed E-state index contributed by atoms with van der Waals surface area (Å²) in [7, 11) is 0. The van der Waals surface area contributed by atoms with Gasteiger partial charge in [0.25, 0.3) is 0 Å². The highest BCUT2D eigenvalue weighted by atomic mass is 16.5. The second-order valence-electron chi connectivity index (χ2n) is 5.07. The van der Waals surface area contributed by atoms with E-state index in [1.54, 1.807) is 0 Å². The lowest BCUT2D eigenvalue weighted by Crippen LogP contribution is -2.15. The van der Waals surface area contributed by atoms with Crippen molar-refractivity contribution in [3.8, 4) is 5.75 Å². The Morgan fingerprint density at radius 2 is 2.00 bits per heavy atom. The maximum atomic E-state index is 10.8. The summed E-state index contributed by atoms with van der Waals surface area (Å²) in [6.45, 7) is 0. The molecule has 1 N–H and O–H groups in total. The zero-order chi connectivity index (χ0) is 13.9. The molecule has 0 aliphatic carbocycles. The van der Waals surface area contributed by atoms with Gasteiger partial charge in [0.2, 0.25) is 0 Å². The van der Waals surface area contributed by atoms with E-state index in [0.717, 1.165) is 29.7 Å². The fourth-order valence-electron chi connectivity index (χ4n) is 2.60. The number of ether oxygens (including phenoxy) is 1. The zero-order valence-electron chi connectivity index (χ0n) is 11.1. The average Bonchev–Trinajstić information content (AvgIpc) is 2.47. The van der Waals surface area contributed by atoms with Crippen molar-refractivity contribution in [1.82, 2.24) is 0 Å². The Morgan fingerprint density at radius 1 is 1.20 bits per heavy atom. The van der Waals surface area contributed by atoms with E-state index in [2.05, 4.69) is 12.1 Å². The van der Waals surface area contributed by atoms with E-state index < -0.39 is 5.97 Å². The first-order valence-electron chi connectivity index (χ1n) is 6.77. The summed E-state index contributed by atoms with van der Waals surface area (Å²) in [5, 5.41) is 8.86. The minimum Gasteiger partial charge on any atom is -0.485 e. The number of carbonyl (C=O) groups is 1. The molecule has 1 heterocycles. The summed E-state index contributed by atoms with van der Waals surface area (Å²) in [5.41, 5.74) is 3.11. The number of benzene rings is 2. The topological polar surface area (TPSA) is 46.5 Å². The van der Waals surface area contributed by atoms with Gasteiger partial charge < -0.3 is 9.84 Å². The Morgan fingerprint density at radius 3 is 2.75 bits per heavy atom. The molecule has 20 heavy (non-hydrogen) atoms. The van der Waals surface area contributed by atoms with Crippen LogP contribution in [0.15, 0.2) is 48.5 Å². The molecule has 3 rings (SSSR count). The van der Waals surface area contributed by atoms with Crippen molar-refractivity contribution < 1.29 is 14.6 Å². The number of fused-ring (bicyclic) bond motifs is 1. The highest BCUT2D eigenvalue weighted by molar-refractivity contribution is 5.70. The molecule has 1 aliphatic rings. The third-order valence-electron chi connectivity index (χ3n) is 3.60. The molecule has 0 aromatic heterocycles. The summed E-state index contributed by atoms with van der Waals surface area (Å²) in [6, 6.07) is 15.9. The number of aryl methyl sites for hydroxylation is 1. The molecule has 3 nitrogen and oxygen atoms in total. The molecule has 2 aromatic rings. The van der Waals surface area contributed by atoms with E-state index in [0.29, 0.717) is 0 Å². The lowest BCUT2D eigenvalue weighted by Gasteiger charge is -2.26. The van der Waals surface area contributed by atoms with Crippen LogP contribution in [0.1, 0.15) is 29.2 Å². The van der Waals surface area contributed by atoms with Crippen molar-refractivity contribution in [3.05, 3.63) is 65.2 Å². The van der Waals surface area contributed by atoms with Gasteiger partial charge >= 0.3 is 5.97 Å². The van der Waals surface area contributed by atoms with Crippen LogP contribution in [0.3, 0.4) is 0 Å². The minimum absolute atomic E-state index is 0.0344. The van der Waals surface area contributed by atoms with Crippen LogP contribution in [-0.2, 0) is 17.6 Å². The summed E-state index contributed by atoms with van der Waals surface area (Å²) in [6.07, 6.45) is 2.01. The van der Waals surface area contributed by atoms with Crippen LogP contribution < -0.4 is 4.74 Å².